The zero-order chi connectivity index (χ0) is 27.8. The Kier molecular flexibility index (Phi) is 9.24. The molecule has 0 radical (unpaired) electrons. The topological polar surface area (TPSA) is 110 Å². The van der Waals surface area contributed by atoms with Crippen LogP contribution in [0, 0.1) is 5.82 Å². The minimum Gasteiger partial charge on any atom is -0.504 e. The Balaban J connectivity index is 1.55. The van der Waals surface area contributed by atoms with Gasteiger partial charge in [-0.05, 0) is 72.6 Å². The van der Waals surface area contributed by atoms with E-state index in [0.29, 0.717) is 40.4 Å². The van der Waals surface area contributed by atoms with Gasteiger partial charge in [0.2, 0.25) is 5.91 Å². The molecule has 8 nitrogen and oxygen atoms in total. The van der Waals surface area contributed by atoms with Crippen molar-refractivity contribution in [3.05, 3.63) is 88.7 Å². The van der Waals surface area contributed by atoms with E-state index in [1.165, 1.54) is 24.5 Å². The molecule has 0 fully saturated rings. The average Bonchev–Trinajstić information content (AvgIpc) is 3.44. The van der Waals surface area contributed by atoms with Crippen molar-refractivity contribution >= 4 is 28.3 Å². The number of rotatable bonds is 11. The van der Waals surface area contributed by atoms with E-state index in [1.54, 1.807) is 60.1 Å². The molecule has 0 spiro atoms. The van der Waals surface area contributed by atoms with Crippen LogP contribution < -0.4 is 15.4 Å². The van der Waals surface area contributed by atoms with Crippen molar-refractivity contribution < 1.29 is 28.6 Å². The lowest BCUT2D eigenvalue weighted by molar-refractivity contribution is -0.115. The molecule has 0 aliphatic carbocycles. The summed E-state index contributed by atoms with van der Waals surface area (Å²) in [7, 11) is 1.30. The summed E-state index contributed by atoms with van der Waals surface area (Å²) < 4.78 is 25.6. The van der Waals surface area contributed by atoms with Gasteiger partial charge in [-0.25, -0.2) is 14.2 Å². The van der Waals surface area contributed by atoms with Gasteiger partial charge in [0.1, 0.15) is 11.6 Å². The first-order valence-corrected chi connectivity index (χ1v) is 13.2. The fourth-order valence-electron chi connectivity index (χ4n) is 3.98. The van der Waals surface area contributed by atoms with E-state index in [4.69, 9.17) is 9.47 Å². The fourth-order valence-corrected chi connectivity index (χ4v) is 4.52. The van der Waals surface area contributed by atoms with Crippen LogP contribution in [0.25, 0.3) is 11.1 Å². The van der Waals surface area contributed by atoms with Crippen molar-refractivity contribution in [3.63, 3.8) is 0 Å². The molecular formula is C29H28FN3O5S. The van der Waals surface area contributed by atoms with E-state index in [1.807, 2.05) is 6.92 Å². The number of halogens is 1. The van der Waals surface area contributed by atoms with Gasteiger partial charge in [0.05, 0.1) is 19.1 Å². The van der Waals surface area contributed by atoms with Crippen molar-refractivity contribution in [2.45, 2.75) is 19.8 Å². The molecule has 0 bridgehead atoms. The third-order valence-electron chi connectivity index (χ3n) is 5.92. The number of aromatic hydroxyl groups is 1. The molecule has 3 N–H and O–H groups in total. The molecule has 1 aromatic heterocycles. The third kappa shape index (κ3) is 7.18. The van der Waals surface area contributed by atoms with E-state index < -0.39 is 11.8 Å². The molecule has 0 unspecified atom stereocenters. The second-order valence-electron chi connectivity index (χ2n) is 8.57. The first-order valence-electron chi connectivity index (χ1n) is 12.3. The van der Waals surface area contributed by atoms with E-state index in [2.05, 4.69) is 15.6 Å². The van der Waals surface area contributed by atoms with Crippen LogP contribution in [0.15, 0.2) is 66.2 Å². The summed E-state index contributed by atoms with van der Waals surface area (Å²) in [6.07, 6.45) is 2.25. The molecule has 202 valence electrons. The quantitative estimate of drug-likeness (QED) is 0.166. The molecule has 1 amide bonds. The monoisotopic (exact) mass is 549 g/mol. The Morgan fingerprint density at radius 3 is 2.54 bits per heavy atom. The van der Waals surface area contributed by atoms with Crippen LogP contribution in [-0.2, 0) is 22.4 Å². The number of phenols is 1. The summed E-state index contributed by atoms with van der Waals surface area (Å²) in [6, 6.07) is 13.9. The van der Waals surface area contributed by atoms with Gasteiger partial charge in [0.15, 0.2) is 16.6 Å². The van der Waals surface area contributed by atoms with Gasteiger partial charge in [-0.15, -0.1) is 11.3 Å². The molecule has 0 saturated carbocycles. The normalized spacial score (nSPS) is 10.7. The number of amides is 1. The van der Waals surface area contributed by atoms with Crippen molar-refractivity contribution in [1.29, 1.82) is 0 Å². The minimum atomic E-state index is -0.539. The van der Waals surface area contributed by atoms with Crippen LogP contribution in [0.2, 0.25) is 0 Å². The van der Waals surface area contributed by atoms with Gasteiger partial charge >= 0.3 is 5.97 Å². The number of anilines is 1. The number of carbonyl (C=O) groups is 2. The summed E-state index contributed by atoms with van der Waals surface area (Å²) in [5, 5.41) is 19.0. The lowest BCUT2D eigenvalue weighted by Gasteiger charge is -2.15. The molecule has 0 atom stereocenters. The number of thiazole rings is 1. The maximum atomic E-state index is 15.0. The van der Waals surface area contributed by atoms with E-state index in [0.717, 1.165) is 12.1 Å². The number of phenolic OH excluding ortho intramolecular Hbond substituents is 1. The largest absolute Gasteiger partial charge is 0.504 e. The molecular weight excluding hydrogens is 521 g/mol. The Morgan fingerprint density at radius 1 is 1.08 bits per heavy atom. The van der Waals surface area contributed by atoms with Gasteiger partial charge < -0.3 is 25.2 Å². The highest BCUT2D eigenvalue weighted by molar-refractivity contribution is 7.13. The lowest BCUT2D eigenvalue weighted by Crippen LogP contribution is -2.19. The van der Waals surface area contributed by atoms with Crippen LogP contribution in [0.4, 0.5) is 9.52 Å². The first-order chi connectivity index (χ1) is 18.9. The van der Waals surface area contributed by atoms with Crippen LogP contribution in [0.5, 0.6) is 17.2 Å². The zero-order valence-electron chi connectivity index (χ0n) is 21.5. The fraction of sp³-hybridized carbons (Fsp3) is 0.207. The molecule has 1 heterocycles. The Hall–Kier alpha value is -4.28. The number of hydrogen-bond acceptors (Lipinski definition) is 8. The Bertz CT molecular complexity index is 1440. The second-order valence-corrected chi connectivity index (χ2v) is 9.46. The number of nitrogens with one attached hydrogen (secondary N) is 2. The van der Waals surface area contributed by atoms with Crippen molar-refractivity contribution in [2.75, 3.05) is 25.5 Å². The van der Waals surface area contributed by atoms with Crippen LogP contribution >= 0.6 is 11.3 Å². The summed E-state index contributed by atoms with van der Waals surface area (Å²) in [4.78, 5) is 28.4. The number of ether oxygens (including phenoxy) is 2. The van der Waals surface area contributed by atoms with Gasteiger partial charge in [0.25, 0.3) is 0 Å². The number of likely N-dealkylation sites (N-methyl/N-ethyl adjacent to an activating group) is 1. The summed E-state index contributed by atoms with van der Waals surface area (Å²) in [5.74, 6) is -1.10. The first kappa shape index (κ1) is 27.7. The SMILES string of the molecule is CCNCCc1cc(O)c(Oc2ccc(-c3ccc(C(=O)OC)cc3)c(F)c2)cc1CC(=O)Nc1nccs1. The summed E-state index contributed by atoms with van der Waals surface area (Å²) >= 11 is 1.32. The summed E-state index contributed by atoms with van der Waals surface area (Å²) in [6.45, 7) is 3.47. The molecule has 0 saturated heterocycles. The van der Waals surface area contributed by atoms with Gasteiger partial charge in [0, 0.05) is 23.2 Å². The summed E-state index contributed by atoms with van der Waals surface area (Å²) in [5.41, 5.74) is 2.74. The lowest BCUT2D eigenvalue weighted by atomic mass is 10.00. The molecule has 10 heteroatoms. The Labute approximate surface area is 229 Å². The zero-order valence-corrected chi connectivity index (χ0v) is 22.3. The van der Waals surface area contributed by atoms with Crippen LogP contribution in [-0.4, -0.2) is 42.2 Å². The number of hydrogen-bond donors (Lipinski definition) is 3. The number of aromatic nitrogens is 1. The van der Waals surface area contributed by atoms with Gasteiger partial charge in [-0.1, -0.05) is 19.1 Å². The van der Waals surface area contributed by atoms with Gasteiger partial charge in [-0.2, -0.15) is 0 Å². The van der Waals surface area contributed by atoms with Crippen LogP contribution in [0.3, 0.4) is 0 Å². The maximum Gasteiger partial charge on any atom is 0.337 e. The molecule has 4 aromatic rings. The van der Waals surface area contributed by atoms with E-state index >= 15 is 4.39 Å². The number of methoxy groups -OCH3 is 1. The Morgan fingerprint density at radius 2 is 1.87 bits per heavy atom. The van der Waals surface area contributed by atoms with Crippen molar-refractivity contribution in [3.8, 4) is 28.4 Å². The number of benzene rings is 3. The average molecular weight is 550 g/mol. The molecule has 0 aliphatic heterocycles. The molecule has 4 rings (SSSR count). The highest BCUT2D eigenvalue weighted by Gasteiger charge is 2.16. The third-order valence-corrected chi connectivity index (χ3v) is 6.61. The van der Waals surface area contributed by atoms with Crippen molar-refractivity contribution in [1.82, 2.24) is 10.3 Å². The predicted molar refractivity (Wildman–Crippen MR) is 148 cm³/mol. The van der Waals surface area contributed by atoms with Crippen molar-refractivity contribution in [2.24, 2.45) is 0 Å². The number of carbonyl (C=O) groups excluding carboxylic acids is 2. The minimum absolute atomic E-state index is 0.0482. The molecule has 39 heavy (non-hydrogen) atoms. The number of nitrogens with zero attached hydrogens (tertiary/aromatic N) is 1. The standard InChI is InChI=1S/C29H28FN3O5S/c1-3-31-11-10-20-14-25(34)26(15-21(20)16-27(35)33-29-32-12-13-39-29)38-22-8-9-23(24(30)17-22)18-4-6-19(7-5-18)28(36)37-2/h4-9,12-15,17,31,34H,3,10-11,16H2,1-2H3,(H,32,33,35). The molecule has 0 aliphatic rings. The maximum absolute atomic E-state index is 15.0. The van der Waals surface area contributed by atoms with Gasteiger partial charge in [-0.3, -0.25) is 4.79 Å². The highest BCUT2D eigenvalue weighted by Crippen LogP contribution is 2.36. The van der Waals surface area contributed by atoms with E-state index in [-0.39, 0.29) is 29.6 Å². The highest BCUT2D eigenvalue weighted by atomic mass is 32.1. The van der Waals surface area contributed by atoms with E-state index in [9.17, 15) is 14.7 Å². The number of esters is 1. The second kappa shape index (κ2) is 13.0. The van der Waals surface area contributed by atoms with Crippen LogP contribution in [0.1, 0.15) is 28.4 Å². The molecule has 3 aromatic carbocycles. The smallest absolute Gasteiger partial charge is 0.337 e. The predicted octanol–water partition coefficient (Wildman–Crippen LogP) is 5.57.